The van der Waals surface area contributed by atoms with Gasteiger partial charge in [-0.2, -0.15) is 0 Å². The molecule has 0 unspecified atom stereocenters. The number of anilines is 1. The van der Waals surface area contributed by atoms with E-state index in [2.05, 4.69) is 10.6 Å². The number of ketones is 1. The Hall–Kier alpha value is -3.68. The Balaban J connectivity index is 1.55. The molecule has 34 heavy (non-hydrogen) atoms. The Kier molecular flexibility index (Phi) is 6.41. The Labute approximate surface area is 205 Å². The molecule has 0 radical (unpaired) electrons. The van der Waals surface area contributed by atoms with Crippen molar-refractivity contribution in [2.75, 3.05) is 11.9 Å². The molecule has 7 nitrogen and oxygen atoms in total. The molecule has 0 aliphatic carbocycles. The summed E-state index contributed by atoms with van der Waals surface area (Å²) >= 11 is 12.3. The van der Waals surface area contributed by atoms with E-state index in [4.69, 9.17) is 23.2 Å². The van der Waals surface area contributed by atoms with Crippen molar-refractivity contribution in [3.05, 3.63) is 99.5 Å². The smallest absolute Gasteiger partial charge is 0.324 e. The van der Waals surface area contributed by atoms with Crippen LogP contribution < -0.4 is 10.6 Å². The topological polar surface area (TPSA) is 95.6 Å². The number of halogens is 2. The largest absolute Gasteiger partial charge is 0.325 e. The van der Waals surface area contributed by atoms with Crippen LogP contribution in [0, 0.1) is 0 Å². The van der Waals surface area contributed by atoms with Gasteiger partial charge >= 0.3 is 6.03 Å². The van der Waals surface area contributed by atoms with Gasteiger partial charge in [0.2, 0.25) is 5.91 Å². The van der Waals surface area contributed by atoms with E-state index in [1.165, 1.54) is 25.1 Å². The van der Waals surface area contributed by atoms with Crippen molar-refractivity contribution in [3.63, 3.8) is 0 Å². The van der Waals surface area contributed by atoms with Gasteiger partial charge in [0.15, 0.2) is 5.78 Å². The van der Waals surface area contributed by atoms with Crippen molar-refractivity contribution in [1.82, 2.24) is 10.2 Å². The lowest BCUT2D eigenvalue weighted by molar-refractivity contribution is -0.133. The fraction of sp³-hybridized carbons (Fsp3) is 0.120. The molecule has 3 aromatic carbocycles. The van der Waals surface area contributed by atoms with Crippen molar-refractivity contribution < 1.29 is 19.2 Å². The van der Waals surface area contributed by atoms with Gasteiger partial charge in [-0.3, -0.25) is 19.3 Å². The summed E-state index contributed by atoms with van der Waals surface area (Å²) in [6, 6.07) is 19.0. The minimum atomic E-state index is -1.41. The molecule has 3 aromatic rings. The highest BCUT2D eigenvalue weighted by molar-refractivity contribution is 6.32. The fourth-order valence-corrected chi connectivity index (χ4v) is 4.28. The highest BCUT2D eigenvalue weighted by Gasteiger charge is 2.50. The number of benzene rings is 3. The molecule has 1 aliphatic rings. The van der Waals surface area contributed by atoms with Crippen molar-refractivity contribution in [2.24, 2.45) is 0 Å². The lowest BCUT2D eigenvalue weighted by Gasteiger charge is -2.23. The van der Waals surface area contributed by atoms with Crippen molar-refractivity contribution in [2.45, 2.75) is 12.5 Å². The van der Waals surface area contributed by atoms with Gasteiger partial charge in [-0.15, -0.1) is 0 Å². The van der Waals surface area contributed by atoms with Crippen LogP contribution in [0.25, 0.3) is 0 Å². The molecular weight excluding hydrogens is 477 g/mol. The highest BCUT2D eigenvalue weighted by Crippen LogP contribution is 2.33. The summed E-state index contributed by atoms with van der Waals surface area (Å²) in [6.45, 7) is 0.981. The third-order valence-electron chi connectivity index (χ3n) is 5.53. The van der Waals surface area contributed by atoms with E-state index >= 15 is 0 Å². The summed E-state index contributed by atoms with van der Waals surface area (Å²) in [4.78, 5) is 52.3. The normalized spacial score (nSPS) is 17.4. The third-order valence-corrected chi connectivity index (χ3v) is 6.09. The first kappa shape index (κ1) is 23.5. The molecule has 4 amide bonds. The second kappa shape index (κ2) is 9.29. The molecule has 1 saturated heterocycles. The molecule has 1 atom stereocenters. The van der Waals surface area contributed by atoms with Gasteiger partial charge < -0.3 is 10.6 Å². The lowest BCUT2D eigenvalue weighted by Crippen LogP contribution is -2.42. The predicted octanol–water partition coefficient (Wildman–Crippen LogP) is 4.63. The molecule has 4 rings (SSSR count). The van der Waals surface area contributed by atoms with Crippen LogP contribution >= 0.6 is 23.2 Å². The fourth-order valence-electron chi connectivity index (χ4n) is 3.78. The van der Waals surface area contributed by atoms with Crippen LogP contribution in [0.2, 0.25) is 10.0 Å². The first-order chi connectivity index (χ1) is 16.2. The summed E-state index contributed by atoms with van der Waals surface area (Å²) < 4.78 is 0. The summed E-state index contributed by atoms with van der Waals surface area (Å²) in [5, 5.41) is 5.87. The summed E-state index contributed by atoms with van der Waals surface area (Å²) in [5.41, 5.74) is -0.171. The number of hydrogen-bond donors (Lipinski definition) is 2. The number of carbonyl (C=O) groups is 4. The number of hydrogen-bond acceptors (Lipinski definition) is 4. The summed E-state index contributed by atoms with van der Waals surface area (Å²) in [7, 11) is 0. The molecule has 9 heteroatoms. The molecule has 0 bridgehead atoms. The minimum Gasteiger partial charge on any atom is -0.324 e. The van der Waals surface area contributed by atoms with Crippen LogP contribution in [0.3, 0.4) is 0 Å². The van der Waals surface area contributed by atoms with Crippen LogP contribution in [0.15, 0.2) is 72.8 Å². The highest BCUT2D eigenvalue weighted by atomic mass is 35.5. The van der Waals surface area contributed by atoms with Gasteiger partial charge in [0.1, 0.15) is 12.1 Å². The maximum atomic E-state index is 13.1. The molecule has 1 heterocycles. The van der Waals surface area contributed by atoms with E-state index in [1.807, 2.05) is 0 Å². The molecule has 1 aliphatic heterocycles. The Morgan fingerprint density at radius 2 is 1.65 bits per heavy atom. The zero-order chi connectivity index (χ0) is 24.5. The maximum absolute atomic E-state index is 13.1. The number of urea groups is 1. The van der Waals surface area contributed by atoms with Gasteiger partial charge in [-0.25, -0.2) is 4.79 Å². The number of nitrogens with zero attached hydrogens (tertiary/aromatic N) is 1. The number of amides is 4. The van der Waals surface area contributed by atoms with Crippen LogP contribution in [-0.4, -0.2) is 35.1 Å². The van der Waals surface area contributed by atoms with Gasteiger partial charge in [-0.05, 0) is 31.2 Å². The van der Waals surface area contributed by atoms with Gasteiger partial charge in [-0.1, -0.05) is 71.7 Å². The quantitative estimate of drug-likeness (QED) is 0.384. The van der Waals surface area contributed by atoms with Gasteiger partial charge in [0.05, 0.1) is 5.69 Å². The predicted molar refractivity (Wildman–Crippen MR) is 129 cm³/mol. The van der Waals surface area contributed by atoms with Crippen LogP contribution in [0.4, 0.5) is 10.5 Å². The number of carbonyl (C=O) groups excluding carboxylic acids is 4. The molecule has 0 aromatic heterocycles. The molecule has 172 valence electrons. The van der Waals surface area contributed by atoms with E-state index in [0.717, 1.165) is 4.90 Å². The molecule has 1 fully saturated rings. The second-order valence-electron chi connectivity index (χ2n) is 7.86. The minimum absolute atomic E-state index is 0.185. The standard InChI is InChI=1S/C25H19Cl2N3O4/c1-25(18-9-5-6-10-19(18)27)23(33)30(24(34)29-25)14-21(31)28-20-12-11-16(26)13-17(20)22(32)15-7-3-2-4-8-15/h2-13H,14H2,1H3,(H,28,31)(H,29,34)/t25-/m1/s1. The Morgan fingerprint density at radius 3 is 2.35 bits per heavy atom. The van der Waals surface area contributed by atoms with Crippen molar-refractivity contribution >= 4 is 52.5 Å². The molecule has 0 spiro atoms. The average molecular weight is 496 g/mol. The number of imide groups is 1. The maximum Gasteiger partial charge on any atom is 0.325 e. The van der Waals surface area contributed by atoms with Crippen molar-refractivity contribution in [1.29, 1.82) is 0 Å². The lowest BCUT2D eigenvalue weighted by atomic mass is 9.92. The summed E-state index contributed by atoms with van der Waals surface area (Å²) in [5.74, 6) is -1.60. The zero-order valence-corrected chi connectivity index (χ0v) is 19.5. The Bertz CT molecular complexity index is 1310. The Morgan fingerprint density at radius 1 is 0.971 bits per heavy atom. The third kappa shape index (κ3) is 4.40. The van der Waals surface area contributed by atoms with E-state index in [1.54, 1.807) is 54.6 Å². The first-order valence-electron chi connectivity index (χ1n) is 10.3. The SMILES string of the molecule is C[C@]1(c2ccccc2Cl)NC(=O)N(CC(=O)Nc2ccc(Cl)cc2C(=O)c2ccccc2)C1=O. The average Bonchev–Trinajstić information content (AvgIpc) is 3.04. The molecular formula is C25H19Cl2N3O4. The van der Waals surface area contributed by atoms with Crippen molar-refractivity contribution in [3.8, 4) is 0 Å². The molecule has 0 saturated carbocycles. The monoisotopic (exact) mass is 495 g/mol. The van der Waals surface area contributed by atoms with E-state index in [-0.39, 0.29) is 17.0 Å². The van der Waals surface area contributed by atoms with Crippen LogP contribution in [0.1, 0.15) is 28.4 Å². The number of rotatable bonds is 6. The van der Waals surface area contributed by atoms with Crippen LogP contribution in [-0.2, 0) is 15.1 Å². The van der Waals surface area contributed by atoms with Gasteiger partial charge in [0.25, 0.3) is 5.91 Å². The van der Waals surface area contributed by atoms with E-state index in [0.29, 0.717) is 21.2 Å². The van der Waals surface area contributed by atoms with E-state index < -0.39 is 29.9 Å². The van der Waals surface area contributed by atoms with Crippen LogP contribution in [0.5, 0.6) is 0 Å². The van der Waals surface area contributed by atoms with Gasteiger partial charge in [0, 0.05) is 26.7 Å². The molecule has 2 N–H and O–H groups in total. The second-order valence-corrected chi connectivity index (χ2v) is 8.70. The zero-order valence-electron chi connectivity index (χ0n) is 18.0. The van der Waals surface area contributed by atoms with E-state index in [9.17, 15) is 19.2 Å². The summed E-state index contributed by atoms with van der Waals surface area (Å²) in [6.07, 6.45) is 0. The first-order valence-corrected chi connectivity index (χ1v) is 11.0. The number of nitrogens with one attached hydrogen (secondary N) is 2.